The molecule has 0 aromatic heterocycles. The minimum absolute atomic E-state index is 0.135. The van der Waals surface area contributed by atoms with Gasteiger partial charge in [0.2, 0.25) is 0 Å². The topological polar surface area (TPSA) is 20.2 Å². The third-order valence-corrected chi connectivity index (χ3v) is 2.64. The first kappa shape index (κ1) is 10.3. The van der Waals surface area contributed by atoms with E-state index in [4.69, 9.17) is 5.11 Å². The van der Waals surface area contributed by atoms with Gasteiger partial charge in [-0.15, -0.1) is 0 Å². The summed E-state index contributed by atoms with van der Waals surface area (Å²) < 4.78 is 0. The van der Waals surface area contributed by atoms with Crippen LogP contribution in [0.1, 0.15) is 33.1 Å². The van der Waals surface area contributed by atoms with E-state index in [1.54, 1.807) is 0 Å². The van der Waals surface area contributed by atoms with Crippen LogP contribution in [-0.4, -0.2) is 22.7 Å². The number of aliphatic hydroxyl groups is 1. The Morgan fingerprint density at radius 2 is 2.10 bits per heavy atom. The Labute approximate surface area is 68.2 Å². The van der Waals surface area contributed by atoms with Gasteiger partial charge in [-0.05, 0) is 26.0 Å². The molecule has 0 aromatic carbocycles. The molecule has 2 unspecified atom stereocenters. The summed E-state index contributed by atoms with van der Waals surface area (Å²) in [4.78, 5) is 0. The van der Waals surface area contributed by atoms with Crippen molar-refractivity contribution in [1.82, 2.24) is 0 Å². The highest BCUT2D eigenvalue weighted by molar-refractivity contribution is 7.99. The Balaban J connectivity index is 3.39. The first-order chi connectivity index (χ1) is 4.70. The molecular formula is C8H18OS. The summed E-state index contributed by atoms with van der Waals surface area (Å²) in [6.07, 6.45) is 5.37. The van der Waals surface area contributed by atoms with E-state index in [1.807, 2.05) is 18.7 Å². The molecule has 0 bridgehead atoms. The maximum absolute atomic E-state index is 9.07. The van der Waals surface area contributed by atoms with Gasteiger partial charge in [0.25, 0.3) is 0 Å². The molecule has 10 heavy (non-hydrogen) atoms. The summed E-state index contributed by atoms with van der Waals surface area (Å²) in [5.41, 5.74) is 0. The molecule has 0 aliphatic heterocycles. The maximum Gasteiger partial charge on any atom is 0.0522 e. The van der Waals surface area contributed by atoms with E-state index >= 15 is 0 Å². The largest absolute Gasteiger partial charge is 0.393 e. The normalized spacial score (nSPS) is 16.8. The lowest BCUT2D eigenvalue weighted by Gasteiger charge is -2.14. The van der Waals surface area contributed by atoms with Gasteiger partial charge >= 0.3 is 0 Å². The Bertz CT molecular complexity index is 73.7. The molecule has 0 rings (SSSR count). The highest BCUT2D eigenvalue weighted by Gasteiger charge is 2.07. The molecule has 2 atom stereocenters. The van der Waals surface area contributed by atoms with Crippen LogP contribution in [0.3, 0.4) is 0 Å². The quantitative estimate of drug-likeness (QED) is 0.669. The van der Waals surface area contributed by atoms with Crippen molar-refractivity contribution < 1.29 is 5.11 Å². The van der Waals surface area contributed by atoms with Crippen molar-refractivity contribution >= 4 is 11.8 Å². The fourth-order valence-electron chi connectivity index (χ4n) is 1.03. The molecule has 0 aromatic rings. The van der Waals surface area contributed by atoms with Crippen LogP contribution in [0, 0.1) is 0 Å². The van der Waals surface area contributed by atoms with E-state index in [9.17, 15) is 0 Å². The van der Waals surface area contributed by atoms with Crippen molar-refractivity contribution in [3.63, 3.8) is 0 Å². The zero-order chi connectivity index (χ0) is 7.98. The first-order valence-corrected chi connectivity index (χ1v) is 5.20. The van der Waals surface area contributed by atoms with Crippen molar-refractivity contribution in [3.05, 3.63) is 0 Å². The molecule has 0 amide bonds. The fourth-order valence-corrected chi connectivity index (χ4v) is 1.98. The molecule has 0 saturated heterocycles. The lowest BCUT2D eigenvalue weighted by Crippen LogP contribution is -2.11. The van der Waals surface area contributed by atoms with Crippen LogP contribution in [0.5, 0.6) is 0 Å². The van der Waals surface area contributed by atoms with Crippen LogP contribution in [0.2, 0.25) is 0 Å². The average Bonchev–Trinajstić information content (AvgIpc) is 1.86. The van der Waals surface area contributed by atoms with Crippen LogP contribution < -0.4 is 0 Å². The van der Waals surface area contributed by atoms with Gasteiger partial charge in [0.15, 0.2) is 0 Å². The zero-order valence-electron chi connectivity index (χ0n) is 7.13. The van der Waals surface area contributed by atoms with Crippen molar-refractivity contribution in [2.24, 2.45) is 0 Å². The van der Waals surface area contributed by atoms with Crippen LogP contribution in [-0.2, 0) is 0 Å². The van der Waals surface area contributed by atoms with Crippen LogP contribution in [0.25, 0.3) is 0 Å². The van der Waals surface area contributed by atoms with E-state index < -0.39 is 0 Å². The number of thioether (sulfide) groups is 1. The number of aliphatic hydroxyl groups excluding tert-OH is 1. The third-order valence-electron chi connectivity index (χ3n) is 1.55. The van der Waals surface area contributed by atoms with Crippen LogP contribution in [0.15, 0.2) is 0 Å². The van der Waals surface area contributed by atoms with E-state index in [2.05, 4.69) is 13.2 Å². The second-order valence-corrected chi connectivity index (χ2v) is 3.87. The molecule has 1 nitrogen and oxygen atoms in total. The molecule has 0 radical (unpaired) electrons. The molecule has 62 valence electrons. The lowest BCUT2D eigenvalue weighted by molar-refractivity contribution is 0.182. The SMILES string of the molecule is CCCC(CC(C)O)SC. The van der Waals surface area contributed by atoms with Gasteiger partial charge in [-0.3, -0.25) is 0 Å². The van der Waals surface area contributed by atoms with Gasteiger partial charge in [-0.2, -0.15) is 11.8 Å². The van der Waals surface area contributed by atoms with Gasteiger partial charge < -0.3 is 5.11 Å². The Kier molecular flexibility index (Phi) is 6.24. The Morgan fingerprint density at radius 1 is 1.50 bits per heavy atom. The van der Waals surface area contributed by atoms with Crippen molar-refractivity contribution in [3.8, 4) is 0 Å². The van der Waals surface area contributed by atoms with E-state index in [0.717, 1.165) is 6.42 Å². The van der Waals surface area contributed by atoms with Crippen molar-refractivity contribution in [1.29, 1.82) is 0 Å². The fraction of sp³-hybridized carbons (Fsp3) is 1.00. The predicted molar refractivity (Wildman–Crippen MR) is 48.5 cm³/mol. The summed E-state index contributed by atoms with van der Waals surface area (Å²) in [5.74, 6) is 0. The summed E-state index contributed by atoms with van der Waals surface area (Å²) >= 11 is 1.86. The average molecular weight is 162 g/mol. The molecule has 0 aliphatic rings. The summed E-state index contributed by atoms with van der Waals surface area (Å²) in [5, 5.41) is 9.72. The smallest absolute Gasteiger partial charge is 0.0522 e. The number of hydrogen-bond acceptors (Lipinski definition) is 2. The highest BCUT2D eigenvalue weighted by atomic mass is 32.2. The van der Waals surface area contributed by atoms with Gasteiger partial charge in [0, 0.05) is 5.25 Å². The summed E-state index contributed by atoms with van der Waals surface area (Å²) in [6.45, 7) is 4.05. The van der Waals surface area contributed by atoms with Gasteiger partial charge in [-0.1, -0.05) is 13.3 Å². The molecule has 1 N–H and O–H groups in total. The summed E-state index contributed by atoms with van der Waals surface area (Å²) in [7, 11) is 0. The van der Waals surface area contributed by atoms with Crippen molar-refractivity contribution in [2.75, 3.05) is 6.26 Å². The lowest BCUT2D eigenvalue weighted by atomic mass is 10.1. The van der Waals surface area contributed by atoms with E-state index in [0.29, 0.717) is 5.25 Å². The monoisotopic (exact) mass is 162 g/mol. The second-order valence-electron chi connectivity index (χ2n) is 2.73. The molecule has 0 saturated carbocycles. The molecule has 0 spiro atoms. The zero-order valence-corrected chi connectivity index (χ0v) is 7.95. The number of hydrogen-bond donors (Lipinski definition) is 1. The van der Waals surface area contributed by atoms with Crippen molar-refractivity contribution in [2.45, 2.75) is 44.5 Å². The van der Waals surface area contributed by atoms with Gasteiger partial charge in [0.1, 0.15) is 0 Å². The first-order valence-electron chi connectivity index (χ1n) is 3.91. The summed E-state index contributed by atoms with van der Waals surface area (Å²) in [6, 6.07) is 0. The standard InChI is InChI=1S/C8H18OS/c1-4-5-8(10-3)6-7(2)9/h7-9H,4-6H2,1-3H3. The minimum Gasteiger partial charge on any atom is -0.393 e. The predicted octanol–water partition coefficient (Wildman–Crippen LogP) is 2.29. The van der Waals surface area contributed by atoms with E-state index in [1.165, 1.54) is 12.8 Å². The molecule has 0 aliphatic carbocycles. The van der Waals surface area contributed by atoms with Crippen LogP contribution >= 0.6 is 11.8 Å². The van der Waals surface area contributed by atoms with E-state index in [-0.39, 0.29) is 6.10 Å². The van der Waals surface area contributed by atoms with Crippen LogP contribution in [0.4, 0.5) is 0 Å². The Hall–Kier alpha value is 0.310. The second kappa shape index (κ2) is 6.05. The molecule has 0 fully saturated rings. The van der Waals surface area contributed by atoms with Gasteiger partial charge in [0.05, 0.1) is 6.10 Å². The Morgan fingerprint density at radius 3 is 2.40 bits per heavy atom. The highest BCUT2D eigenvalue weighted by Crippen LogP contribution is 2.18. The van der Waals surface area contributed by atoms with Gasteiger partial charge in [-0.25, -0.2) is 0 Å². The minimum atomic E-state index is -0.135. The number of rotatable bonds is 5. The molecule has 0 heterocycles. The third kappa shape index (κ3) is 5.12. The maximum atomic E-state index is 9.07. The molecular weight excluding hydrogens is 144 g/mol. The molecule has 2 heteroatoms.